The third-order valence-electron chi connectivity index (χ3n) is 4.04. The summed E-state index contributed by atoms with van der Waals surface area (Å²) in [6, 6.07) is 11.8. The van der Waals surface area contributed by atoms with Gasteiger partial charge in [0.1, 0.15) is 0 Å². The number of amides is 1. The Morgan fingerprint density at radius 2 is 1.93 bits per heavy atom. The van der Waals surface area contributed by atoms with Crippen LogP contribution in [0.25, 0.3) is 0 Å². The first-order valence-electron chi connectivity index (χ1n) is 8.64. The second-order valence-corrected chi connectivity index (χ2v) is 6.57. The van der Waals surface area contributed by atoms with Crippen LogP contribution in [-0.4, -0.2) is 31.7 Å². The number of halogens is 1. The van der Waals surface area contributed by atoms with E-state index in [2.05, 4.69) is 5.32 Å². The van der Waals surface area contributed by atoms with Crippen LogP contribution >= 0.6 is 11.6 Å². The monoisotopic (exact) mass is 389 g/mol. The molecule has 142 valence electrons. The average Bonchev–Trinajstić information content (AvgIpc) is 2.90. The molecule has 2 aromatic rings. The third-order valence-corrected chi connectivity index (χ3v) is 4.28. The van der Waals surface area contributed by atoms with Crippen molar-refractivity contribution in [2.24, 2.45) is 0 Å². The lowest BCUT2D eigenvalue weighted by atomic mass is 10.1. The van der Waals surface area contributed by atoms with Crippen molar-refractivity contribution in [1.82, 2.24) is 5.32 Å². The molecule has 1 aliphatic rings. The van der Waals surface area contributed by atoms with Gasteiger partial charge in [0.15, 0.2) is 18.1 Å². The molecule has 0 bridgehead atoms. The number of ether oxygens (including phenoxy) is 3. The van der Waals surface area contributed by atoms with E-state index >= 15 is 0 Å². The van der Waals surface area contributed by atoms with E-state index in [0.29, 0.717) is 35.3 Å². The highest BCUT2D eigenvalue weighted by Gasteiger charge is 2.17. The zero-order valence-corrected chi connectivity index (χ0v) is 15.6. The molecule has 1 aliphatic heterocycles. The fraction of sp³-hybridized carbons (Fsp3) is 0.300. The zero-order valence-electron chi connectivity index (χ0n) is 14.9. The minimum Gasteiger partial charge on any atom is -0.490 e. The molecule has 1 unspecified atom stereocenters. The molecule has 3 rings (SSSR count). The summed E-state index contributed by atoms with van der Waals surface area (Å²) in [5.74, 6) is 0.0968. The molecule has 0 saturated carbocycles. The van der Waals surface area contributed by atoms with E-state index in [1.54, 1.807) is 30.3 Å². The van der Waals surface area contributed by atoms with E-state index in [-0.39, 0.29) is 12.6 Å². The third kappa shape index (κ3) is 5.14. The Bertz CT molecular complexity index is 839. The van der Waals surface area contributed by atoms with Crippen LogP contribution in [0, 0.1) is 0 Å². The van der Waals surface area contributed by atoms with Gasteiger partial charge < -0.3 is 19.5 Å². The zero-order chi connectivity index (χ0) is 19.2. The van der Waals surface area contributed by atoms with Gasteiger partial charge in [-0.25, -0.2) is 4.79 Å². The molecule has 2 aromatic carbocycles. The number of carbonyl (C=O) groups is 2. The molecule has 0 aliphatic carbocycles. The maximum absolute atomic E-state index is 12.2. The fourth-order valence-corrected chi connectivity index (χ4v) is 2.85. The highest BCUT2D eigenvalue weighted by atomic mass is 35.5. The van der Waals surface area contributed by atoms with Crippen LogP contribution in [-0.2, 0) is 9.53 Å². The van der Waals surface area contributed by atoms with Gasteiger partial charge in [0, 0.05) is 11.4 Å². The Morgan fingerprint density at radius 1 is 1.15 bits per heavy atom. The van der Waals surface area contributed by atoms with Gasteiger partial charge in [-0.15, -0.1) is 0 Å². The van der Waals surface area contributed by atoms with Crippen molar-refractivity contribution in [1.29, 1.82) is 0 Å². The molecule has 1 N–H and O–H groups in total. The smallest absolute Gasteiger partial charge is 0.338 e. The first kappa shape index (κ1) is 19.0. The molecule has 0 saturated heterocycles. The van der Waals surface area contributed by atoms with Crippen LogP contribution in [0.15, 0.2) is 42.5 Å². The van der Waals surface area contributed by atoms with Crippen LogP contribution < -0.4 is 14.8 Å². The summed E-state index contributed by atoms with van der Waals surface area (Å²) in [6.45, 7) is 2.55. The summed E-state index contributed by atoms with van der Waals surface area (Å²) in [4.78, 5) is 24.3. The lowest BCUT2D eigenvalue weighted by Crippen LogP contribution is -2.31. The van der Waals surface area contributed by atoms with E-state index in [0.717, 1.165) is 12.0 Å². The van der Waals surface area contributed by atoms with E-state index in [9.17, 15) is 9.59 Å². The molecule has 27 heavy (non-hydrogen) atoms. The van der Waals surface area contributed by atoms with Gasteiger partial charge in [0.25, 0.3) is 5.91 Å². The first-order valence-corrected chi connectivity index (χ1v) is 9.02. The topological polar surface area (TPSA) is 73.9 Å². The number of esters is 1. The molecule has 1 heterocycles. The Morgan fingerprint density at radius 3 is 2.70 bits per heavy atom. The summed E-state index contributed by atoms with van der Waals surface area (Å²) in [7, 11) is 0. The highest BCUT2D eigenvalue weighted by Crippen LogP contribution is 2.30. The Kier molecular flexibility index (Phi) is 6.19. The van der Waals surface area contributed by atoms with Gasteiger partial charge >= 0.3 is 5.97 Å². The molecular formula is C20H20ClNO5. The van der Waals surface area contributed by atoms with Gasteiger partial charge in [-0.3, -0.25) is 4.79 Å². The van der Waals surface area contributed by atoms with Crippen LogP contribution in [0.1, 0.15) is 35.3 Å². The van der Waals surface area contributed by atoms with Crippen molar-refractivity contribution in [3.05, 3.63) is 58.6 Å². The van der Waals surface area contributed by atoms with Crippen molar-refractivity contribution < 1.29 is 23.8 Å². The number of nitrogens with one attached hydrogen (secondary N) is 1. The molecular weight excluding hydrogens is 370 g/mol. The molecule has 1 amide bonds. The molecule has 1 atom stereocenters. The van der Waals surface area contributed by atoms with Gasteiger partial charge in [-0.05, 0) is 42.8 Å². The van der Waals surface area contributed by atoms with Crippen LogP contribution in [0.3, 0.4) is 0 Å². The number of fused-ring (bicyclic) bond motifs is 1. The second kappa shape index (κ2) is 8.77. The Balaban J connectivity index is 1.54. The van der Waals surface area contributed by atoms with E-state index < -0.39 is 11.9 Å². The average molecular weight is 390 g/mol. The Labute approximate surface area is 162 Å². The quantitative estimate of drug-likeness (QED) is 0.792. The SMILES string of the molecule is CC(NC(=O)COC(=O)c1ccc2c(c1)OCCCO2)c1cccc(Cl)c1. The predicted octanol–water partition coefficient (Wildman–Crippen LogP) is 3.54. The summed E-state index contributed by atoms with van der Waals surface area (Å²) in [5.41, 5.74) is 1.17. The van der Waals surface area contributed by atoms with Gasteiger partial charge in [-0.1, -0.05) is 23.7 Å². The van der Waals surface area contributed by atoms with Gasteiger partial charge in [0.05, 0.1) is 24.8 Å². The predicted molar refractivity (Wildman–Crippen MR) is 100 cm³/mol. The lowest BCUT2D eigenvalue weighted by Gasteiger charge is -2.15. The maximum Gasteiger partial charge on any atom is 0.338 e. The van der Waals surface area contributed by atoms with Gasteiger partial charge in [0.2, 0.25) is 0 Å². The summed E-state index contributed by atoms with van der Waals surface area (Å²) in [6.07, 6.45) is 0.777. The molecule has 0 radical (unpaired) electrons. The largest absolute Gasteiger partial charge is 0.490 e. The van der Waals surface area contributed by atoms with Crippen molar-refractivity contribution in [2.45, 2.75) is 19.4 Å². The number of rotatable bonds is 5. The number of carbonyl (C=O) groups excluding carboxylic acids is 2. The summed E-state index contributed by atoms with van der Waals surface area (Å²) in [5, 5.41) is 3.36. The van der Waals surface area contributed by atoms with E-state index in [4.69, 9.17) is 25.8 Å². The van der Waals surface area contributed by atoms with Crippen LogP contribution in [0.5, 0.6) is 11.5 Å². The minimum atomic E-state index is -0.601. The van der Waals surface area contributed by atoms with E-state index in [1.807, 2.05) is 19.1 Å². The molecule has 7 heteroatoms. The van der Waals surface area contributed by atoms with Crippen molar-refractivity contribution in [3.63, 3.8) is 0 Å². The van der Waals surface area contributed by atoms with Gasteiger partial charge in [-0.2, -0.15) is 0 Å². The fourth-order valence-electron chi connectivity index (χ4n) is 2.65. The van der Waals surface area contributed by atoms with Crippen molar-refractivity contribution >= 4 is 23.5 Å². The lowest BCUT2D eigenvalue weighted by molar-refractivity contribution is -0.124. The number of benzene rings is 2. The number of hydrogen-bond donors (Lipinski definition) is 1. The number of hydrogen-bond acceptors (Lipinski definition) is 5. The normalized spacial score (nSPS) is 14.0. The second-order valence-electron chi connectivity index (χ2n) is 6.13. The first-order chi connectivity index (χ1) is 13.0. The van der Waals surface area contributed by atoms with E-state index in [1.165, 1.54) is 0 Å². The Hall–Kier alpha value is -2.73. The summed E-state index contributed by atoms with van der Waals surface area (Å²) >= 11 is 5.96. The van der Waals surface area contributed by atoms with Crippen LogP contribution in [0.4, 0.5) is 0 Å². The molecule has 0 aromatic heterocycles. The molecule has 0 fully saturated rings. The van der Waals surface area contributed by atoms with Crippen LogP contribution in [0.2, 0.25) is 5.02 Å². The highest BCUT2D eigenvalue weighted by molar-refractivity contribution is 6.30. The maximum atomic E-state index is 12.2. The van der Waals surface area contributed by atoms with Crippen molar-refractivity contribution in [3.8, 4) is 11.5 Å². The molecule has 6 nitrogen and oxygen atoms in total. The minimum absolute atomic E-state index is 0.257. The van der Waals surface area contributed by atoms with Crippen molar-refractivity contribution in [2.75, 3.05) is 19.8 Å². The molecule has 0 spiro atoms. The summed E-state index contributed by atoms with van der Waals surface area (Å²) < 4.78 is 16.2. The standard InChI is InChI=1S/C20H20ClNO5/c1-13(14-4-2-5-16(21)10-14)22-19(23)12-27-20(24)15-6-7-17-18(11-15)26-9-3-8-25-17/h2,4-7,10-11,13H,3,8-9,12H2,1H3,(H,22,23).